The van der Waals surface area contributed by atoms with Crippen LogP contribution >= 0.6 is 0 Å². The standard InChI is InChI=1S/C21H21N7O4/c1-12-10-24-20(26-14-5-7-18(23-11-14)31-8-2-3-17(22)29)28-19(12)25-13-4-6-16-15(9-13)27-21(30)32-16/h4-7,9-11H,2-3,8H2,1H3,(H2,22,29)(H,27,30)(H2,24,25,26,28). The number of nitrogens with one attached hydrogen (secondary N) is 3. The van der Waals surface area contributed by atoms with Gasteiger partial charge < -0.3 is 25.5 Å². The Morgan fingerprint density at radius 2 is 2.00 bits per heavy atom. The molecule has 4 aromatic rings. The zero-order valence-electron chi connectivity index (χ0n) is 17.2. The summed E-state index contributed by atoms with van der Waals surface area (Å²) in [5.74, 6) is 0.574. The first kappa shape index (κ1) is 20.8. The highest BCUT2D eigenvalue weighted by Crippen LogP contribution is 2.23. The molecule has 0 fully saturated rings. The number of nitrogens with two attached hydrogens (primary N) is 1. The second kappa shape index (κ2) is 9.16. The first-order chi connectivity index (χ1) is 15.5. The van der Waals surface area contributed by atoms with Crippen LogP contribution < -0.4 is 26.9 Å². The number of aromatic nitrogens is 4. The molecular weight excluding hydrogens is 414 g/mol. The summed E-state index contributed by atoms with van der Waals surface area (Å²) in [6.07, 6.45) is 4.10. The van der Waals surface area contributed by atoms with Gasteiger partial charge in [0.15, 0.2) is 5.58 Å². The average molecular weight is 435 g/mol. The molecule has 5 N–H and O–H groups in total. The highest BCUT2D eigenvalue weighted by molar-refractivity contribution is 5.78. The van der Waals surface area contributed by atoms with Gasteiger partial charge >= 0.3 is 5.76 Å². The van der Waals surface area contributed by atoms with Crippen LogP contribution in [0.15, 0.2) is 51.9 Å². The number of benzene rings is 1. The van der Waals surface area contributed by atoms with Gasteiger partial charge in [0.1, 0.15) is 5.82 Å². The maximum absolute atomic E-state index is 11.3. The van der Waals surface area contributed by atoms with Crippen LogP contribution in [0.1, 0.15) is 18.4 Å². The van der Waals surface area contributed by atoms with Crippen molar-refractivity contribution >= 4 is 40.1 Å². The lowest BCUT2D eigenvalue weighted by molar-refractivity contribution is -0.118. The van der Waals surface area contributed by atoms with Gasteiger partial charge in [-0.2, -0.15) is 4.98 Å². The van der Waals surface area contributed by atoms with E-state index >= 15 is 0 Å². The number of ether oxygens (including phenoxy) is 1. The second-order valence-electron chi connectivity index (χ2n) is 7.00. The van der Waals surface area contributed by atoms with Crippen LogP contribution in [-0.2, 0) is 4.79 Å². The summed E-state index contributed by atoms with van der Waals surface area (Å²) in [6.45, 7) is 2.24. The Morgan fingerprint density at radius 1 is 1.16 bits per heavy atom. The molecule has 0 bridgehead atoms. The minimum atomic E-state index is -0.502. The summed E-state index contributed by atoms with van der Waals surface area (Å²) < 4.78 is 10.5. The number of anilines is 4. The van der Waals surface area contributed by atoms with Crippen molar-refractivity contribution < 1.29 is 13.9 Å². The molecule has 11 heteroatoms. The quantitative estimate of drug-likeness (QED) is 0.290. The predicted octanol–water partition coefficient (Wildman–Crippen LogP) is 2.75. The van der Waals surface area contributed by atoms with E-state index in [-0.39, 0.29) is 12.3 Å². The van der Waals surface area contributed by atoms with Crippen LogP contribution in [0.4, 0.5) is 23.1 Å². The molecular formula is C21H21N7O4. The number of carbonyl (C=O) groups excluding carboxylic acids is 1. The molecule has 4 rings (SSSR count). The van der Waals surface area contributed by atoms with Crippen LogP contribution in [0.25, 0.3) is 11.1 Å². The molecule has 1 aromatic carbocycles. The molecule has 0 aliphatic heterocycles. The molecule has 0 atom stereocenters. The predicted molar refractivity (Wildman–Crippen MR) is 118 cm³/mol. The van der Waals surface area contributed by atoms with E-state index in [0.717, 1.165) is 11.3 Å². The van der Waals surface area contributed by atoms with Crippen LogP contribution in [0.2, 0.25) is 0 Å². The summed E-state index contributed by atoms with van der Waals surface area (Å²) in [5.41, 5.74) is 8.43. The molecule has 3 heterocycles. The number of carbonyl (C=O) groups is 1. The number of rotatable bonds is 9. The Bertz CT molecular complexity index is 1300. The van der Waals surface area contributed by atoms with Crippen molar-refractivity contribution in [2.75, 3.05) is 17.2 Å². The molecule has 0 radical (unpaired) electrons. The lowest BCUT2D eigenvalue weighted by Crippen LogP contribution is -2.12. The number of primary amides is 1. The molecule has 32 heavy (non-hydrogen) atoms. The van der Waals surface area contributed by atoms with Crippen molar-refractivity contribution in [2.45, 2.75) is 19.8 Å². The summed E-state index contributed by atoms with van der Waals surface area (Å²) >= 11 is 0. The highest BCUT2D eigenvalue weighted by atomic mass is 16.5. The van der Waals surface area contributed by atoms with Crippen molar-refractivity contribution in [3.8, 4) is 5.88 Å². The number of hydrogen-bond acceptors (Lipinski definition) is 9. The number of hydrogen-bond donors (Lipinski definition) is 4. The van der Waals surface area contributed by atoms with E-state index in [9.17, 15) is 9.59 Å². The van der Waals surface area contributed by atoms with Crippen molar-refractivity contribution in [1.82, 2.24) is 19.9 Å². The number of fused-ring (bicyclic) bond motifs is 1. The van der Waals surface area contributed by atoms with Crippen molar-refractivity contribution in [1.29, 1.82) is 0 Å². The number of nitrogens with zero attached hydrogens (tertiary/aromatic N) is 3. The largest absolute Gasteiger partial charge is 0.478 e. The van der Waals surface area contributed by atoms with Gasteiger partial charge in [0.2, 0.25) is 17.7 Å². The maximum Gasteiger partial charge on any atom is 0.417 e. The van der Waals surface area contributed by atoms with Crippen molar-refractivity contribution in [2.24, 2.45) is 5.73 Å². The maximum atomic E-state index is 11.3. The van der Waals surface area contributed by atoms with Gasteiger partial charge in [-0.05, 0) is 37.6 Å². The second-order valence-corrected chi connectivity index (χ2v) is 7.00. The van der Waals surface area contributed by atoms with Gasteiger partial charge in [0.25, 0.3) is 0 Å². The third-order valence-electron chi connectivity index (χ3n) is 4.46. The molecule has 1 amide bonds. The lowest BCUT2D eigenvalue weighted by atomic mass is 10.2. The van der Waals surface area contributed by atoms with Crippen molar-refractivity contribution in [3.05, 3.63) is 58.8 Å². The van der Waals surface area contributed by atoms with E-state index in [1.54, 1.807) is 42.7 Å². The van der Waals surface area contributed by atoms with Gasteiger partial charge in [-0.1, -0.05) is 0 Å². The van der Waals surface area contributed by atoms with E-state index in [1.807, 2.05) is 6.92 Å². The fourth-order valence-electron chi connectivity index (χ4n) is 2.89. The van der Waals surface area contributed by atoms with Crippen LogP contribution in [0.5, 0.6) is 5.88 Å². The summed E-state index contributed by atoms with van der Waals surface area (Å²) in [7, 11) is 0. The third-order valence-corrected chi connectivity index (χ3v) is 4.46. The number of aryl methyl sites for hydroxylation is 1. The van der Waals surface area contributed by atoms with Crippen molar-refractivity contribution in [3.63, 3.8) is 0 Å². The first-order valence-electron chi connectivity index (χ1n) is 9.84. The topological polar surface area (TPSA) is 161 Å². The van der Waals surface area contributed by atoms with E-state index in [4.69, 9.17) is 14.9 Å². The van der Waals surface area contributed by atoms with Gasteiger partial charge in [0, 0.05) is 29.9 Å². The molecule has 0 aliphatic rings. The van der Waals surface area contributed by atoms with Gasteiger partial charge in [0.05, 0.1) is 24.0 Å². The average Bonchev–Trinajstić information content (AvgIpc) is 3.14. The van der Waals surface area contributed by atoms with Crippen LogP contribution in [0.3, 0.4) is 0 Å². The summed E-state index contributed by atoms with van der Waals surface area (Å²) in [6, 6.07) is 8.76. The molecule has 0 spiro atoms. The van der Waals surface area contributed by atoms with Gasteiger partial charge in [-0.15, -0.1) is 0 Å². The Hall–Kier alpha value is -4.41. The molecule has 0 unspecified atom stereocenters. The molecule has 0 aliphatic carbocycles. The van der Waals surface area contributed by atoms with E-state index < -0.39 is 5.76 Å². The third kappa shape index (κ3) is 5.19. The Morgan fingerprint density at radius 3 is 2.78 bits per heavy atom. The number of aromatic amines is 1. The Labute approximate surface area is 182 Å². The van der Waals surface area contributed by atoms with E-state index in [1.165, 1.54) is 0 Å². The summed E-state index contributed by atoms with van der Waals surface area (Å²) in [4.78, 5) is 37.7. The number of amides is 1. The molecule has 3 aromatic heterocycles. The monoisotopic (exact) mass is 435 g/mol. The normalized spacial score (nSPS) is 10.8. The van der Waals surface area contributed by atoms with Crippen LogP contribution in [0, 0.1) is 6.92 Å². The Balaban J connectivity index is 1.41. The lowest BCUT2D eigenvalue weighted by Gasteiger charge is -2.11. The SMILES string of the molecule is Cc1cnc(Nc2ccc(OCCCC(N)=O)nc2)nc1Nc1ccc2oc(=O)[nH]c2c1. The highest BCUT2D eigenvalue weighted by Gasteiger charge is 2.08. The minimum absolute atomic E-state index is 0.272. The molecule has 164 valence electrons. The summed E-state index contributed by atoms with van der Waals surface area (Å²) in [5, 5.41) is 6.32. The number of pyridine rings is 1. The van der Waals surface area contributed by atoms with Crippen LogP contribution in [-0.4, -0.2) is 32.4 Å². The van der Waals surface area contributed by atoms with E-state index in [0.29, 0.717) is 47.5 Å². The molecule has 11 nitrogen and oxygen atoms in total. The van der Waals surface area contributed by atoms with E-state index in [2.05, 4.69) is 30.6 Å². The molecule has 0 saturated heterocycles. The number of H-pyrrole nitrogens is 1. The Kier molecular flexibility index (Phi) is 5.97. The molecule has 0 saturated carbocycles. The first-order valence-corrected chi connectivity index (χ1v) is 9.84. The zero-order valence-corrected chi connectivity index (χ0v) is 17.2. The fourth-order valence-corrected chi connectivity index (χ4v) is 2.89. The van der Waals surface area contributed by atoms with Gasteiger partial charge in [-0.3, -0.25) is 9.78 Å². The van der Waals surface area contributed by atoms with Gasteiger partial charge in [-0.25, -0.2) is 14.8 Å². The zero-order chi connectivity index (χ0) is 22.5. The number of oxazole rings is 1. The fraction of sp³-hybridized carbons (Fsp3) is 0.190. The minimum Gasteiger partial charge on any atom is -0.478 e. The smallest absolute Gasteiger partial charge is 0.417 e.